The van der Waals surface area contributed by atoms with Crippen molar-refractivity contribution in [3.8, 4) is 16.9 Å². The van der Waals surface area contributed by atoms with Crippen LogP contribution < -0.4 is 4.74 Å². The Morgan fingerprint density at radius 1 is 1.03 bits per heavy atom. The van der Waals surface area contributed by atoms with Gasteiger partial charge in [-0.3, -0.25) is 0 Å². The molecule has 2 heterocycles. The Balaban J connectivity index is 1.39. The molecular formula is C26H30F3NO5S. The average Bonchev–Trinajstić information content (AvgIpc) is 2.78. The zero-order valence-corrected chi connectivity index (χ0v) is 21.3. The highest BCUT2D eigenvalue weighted by atomic mass is 32.2. The molecule has 0 aromatic heterocycles. The zero-order valence-electron chi connectivity index (χ0n) is 20.5. The van der Waals surface area contributed by atoms with Crippen molar-refractivity contribution in [2.75, 3.05) is 19.3 Å². The molecule has 0 N–H and O–H groups in total. The monoisotopic (exact) mass is 525 g/mol. The molecule has 2 aromatic carbocycles. The van der Waals surface area contributed by atoms with Crippen LogP contribution in [0.3, 0.4) is 0 Å². The van der Waals surface area contributed by atoms with E-state index in [1.165, 1.54) is 11.2 Å². The molecule has 4 rings (SSSR count). The Bertz CT molecular complexity index is 1230. The molecule has 1 spiro atoms. The van der Waals surface area contributed by atoms with Crippen LogP contribution in [0.1, 0.15) is 44.2 Å². The number of fused-ring (bicyclic) bond motifs is 1. The first-order chi connectivity index (χ1) is 16.7. The smallest absolute Gasteiger partial charge is 0.427 e. The van der Waals surface area contributed by atoms with E-state index in [2.05, 4.69) is 6.07 Å². The molecule has 0 atom stereocenters. The average molecular weight is 526 g/mol. The van der Waals surface area contributed by atoms with E-state index in [0.29, 0.717) is 12.8 Å². The largest absolute Gasteiger partial charge is 0.487 e. The molecule has 1 fully saturated rings. The summed E-state index contributed by atoms with van der Waals surface area (Å²) in [7, 11) is -3.09. The molecular weight excluding hydrogens is 495 g/mol. The molecule has 6 nitrogen and oxygen atoms in total. The van der Waals surface area contributed by atoms with Crippen molar-refractivity contribution < 1.29 is 35.9 Å². The Labute approximate surface area is 209 Å². The first-order valence-electron chi connectivity index (χ1n) is 11.8. The fourth-order valence-corrected chi connectivity index (χ4v) is 5.38. The number of sulfone groups is 1. The fraction of sp³-hybridized carbons (Fsp3) is 0.500. The summed E-state index contributed by atoms with van der Waals surface area (Å²) >= 11 is 0. The van der Waals surface area contributed by atoms with Crippen molar-refractivity contribution in [3.05, 3.63) is 53.6 Å². The van der Waals surface area contributed by atoms with E-state index < -0.39 is 33.3 Å². The van der Waals surface area contributed by atoms with Gasteiger partial charge in [0.15, 0.2) is 9.84 Å². The van der Waals surface area contributed by atoms with Crippen molar-refractivity contribution in [3.63, 3.8) is 0 Å². The van der Waals surface area contributed by atoms with E-state index in [-0.39, 0.29) is 18.8 Å². The summed E-state index contributed by atoms with van der Waals surface area (Å²) in [5.74, 6) is 0.774. The lowest BCUT2D eigenvalue weighted by Crippen LogP contribution is -2.53. The third kappa shape index (κ3) is 5.79. The minimum Gasteiger partial charge on any atom is -0.487 e. The first kappa shape index (κ1) is 26.3. The summed E-state index contributed by atoms with van der Waals surface area (Å²) < 4.78 is 73.3. The van der Waals surface area contributed by atoms with Gasteiger partial charge in [0.05, 0.1) is 5.75 Å². The van der Waals surface area contributed by atoms with Crippen LogP contribution in [0.15, 0.2) is 42.5 Å². The molecule has 0 unspecified atom stereocenters. The lowest BCUT2D eigenvalue weighted by molar-refractivity contribution is -0.246. The van der Waals surface area contributed by atoms with Gasteiger partial charge in [-0.25, -0.2) is 13.2 Å². The fourth-order valence-electron chi connectivity index (χ4n) is 4.59. The Morgan fingerprint density at radius 3 is 2.22 bits per heavy atom. The maximum atomic E-state index is 13.1. The number of rotatable bonds is 4. The van der Waals surface area contributed by atoms with Crippen LogP contribution in [-0.2, 0) is 26.7 Å². The number of ether oxygens (including phenoxy) is 2. The van der Waals surface area contributed by atoms with Crippen LogP contribution in [0.5, 0.6) is 5.75 Å². The number of hydrogen-bond acceptors (Lipinski definition) is 5. The molecule has 2 aliphatic heterocycles. The summed E-state index contributed by atoms with van der Waals surface area (Å²) in [6, 6.07) is 13.4. The minimum absolute atomic E-state index is 0.00261. The van der Waals surface area contributed by atoms with Gasteiger partial charge in [-0.15, -0.1) is 0 Å². The molecule has 2 aliphatic rings. The molecule has 1 amide bonds. The number of alkyl halides is 3. The number of piperidine rings is 1. The molecule has 10 heteroatoms. The van der Waals surface area contributed by atoms with Crippen LogP contribution in [0.25, 0.3) is 11.1 Å². The number of nitrogens with zero attached hydrogens (tertiary/aromatic N) is 1. The number of hydrogen-bond donors (Lipinski definition) is 0. The van der Waals surface area contributed by atoms with Gasteiger partial charge in [0.1, 0.15) is 11.4 Å². The summed E-state index contributed by atoms with van der Waals surface area (Å²) in [5.41, 5.74) is 0.769. The van der Waals surface area contributed by atoms with Crippen LogP contribution in [0.2, 0.25) is 0 Å². The van der Waals surface area contributed by atoms with E-state index >= 15 is 0 Å². The topological polar surface area (TPSA) is 72.9 Å². The van der Waals surface area contributed by atoms with Gasteiger partial charge in [0.25, 0.3) is 0 Å². The van der Waals surface area contributed by atoms with E-state index in [0.717, 1.165) is 54.7 Å². The molecule has 0 bridgehead atoms. The molecule has 0 aliphatic carbocycles. The quantitative estimate of drug-likeness (QED) is 0.525. The highest BCUT2D eigenvalue weighted by molar-refractivity contribution is 7.89. The number of likely N-dealkylation sites (tertiary alicyclic amines) is 1. The van der Waals surface area contributed by atoms with E-state index in [1.54, 1.807) is 0 Å². The Hall–Kier alpha value is -2.75. The van der Waals surface area contributed by atoms with Gasteiger partial charge < -0.3 is 14.4 Å². The predicted octanol–water partition coefficient (Wildman–Crippen LogP) is 5.54. The third-order valence-electron chi connectivity index (χ3n) is 6.91. The van der Waals surface area contributed by atoms with Crippen LogP contribution >= 0.6 is 0 Å². The predicted molar refractivity (Wildman–Crippen MR) is 130 cm³/mol. The number of carbonyl (C=O) groups excluding carboxylic acids is 1. The van der Waals surface area contributed by atoms with Crippen LogP contribution in [0, 0.1) is 0 Å². The van der Waals surface area contributed by atoms with Crippen molar-refractivity contribution in [1.29, 1.82) is 0 Å². The van der Waals surface area contributed by atoms with Gasteiger partial charge in [-0.2, -0.15) is 13.2 Å². The van der Waals surface area contributed by atoms with E-state index in [9.17, 15) is 26.4 Å². The van der Waals surface area contributed by atoms with Gasteiger partial charge in [-0.1, -0.05) is 30.3 Å². The highest BCUT2D eigenvalue weighted by Gasteiger charge is 2.52. The number of amides is 1. The van der Waals surface area contributed by atoms with Crippen LogP contribution in [0.4, 0.5) is 18.0 Å². The number of carbonyl (C=O) groups is 1. The summed E-state index contributed by atoms with van der Waals surface area (Å²) in [5, 5.41) is 0. The Kier molecular flexibility index (Phi) is 6.79. The van der Waals surface area contributed by atoms with E-state index in [1.807, 2.05) is 36.4 Å². The molecule has 0 saturated carbocycles. The van der Waals surface area contributed by atoms with Gasteiger partial charge >= 0.3 is 12.3 Å². The number of benzene rings is 2. The molecule has 2 aromatic rings. The van der Waals surface area contributed by atoms with E-state index in [4.69, 9.17) is 9.47 Å². The van der Waals surface area contributed by atoms with Gasteiger partial charge in [0.2, 0.25) is 5.60 Å². The Morgan fingerprint density at radius 2 is 1.64 bits per heavy atom. The number of aryl methyl sites for hydroxylation is 1. The molecule has 36 heavy (non-hydrogen) atoms. The molecule has 196 valence electrons. The molecule has 0 radical (unpaired) electrons. The second kappa shape index (κ2) is 9.28. The molecule has 1 saturated heterocycles. The van der Waals surface area contributed by atoms with Crippen molar-refractivity contribution in [2.24, 2.45) is 0 Å². The van der Waals surface area contributed by atoms with Gasteiger partial charge in [-0.05, 0) is 61.1 Å². The highest BCUT2D eigenvalue weighted by Crippen LogP contribution is 2.41. The standard InChI is InChI=1S/C26H30F3NO5S/c1-24(2,26(27,28)29)35-23(31)30-14-12-25(13-15-30)11-10-21-16-20(8-9-22(21)34-25)19-6-4-18(5-7-19)17-36(3,32)33/h4-9,16H,10-15,17H2,1-3H3. The maximum Gasteiger partial charge on any atom is 0.427 e. The van der Waals surface area contributed by atoms with Gasteiger partial charge in [0, 0.05) is 32.2 Å². The normalized spacial score (nSPS) is 17.9. The summed E-state index contributed by atoms with van der Waals surface area (Å²) in [6.07, 6.45) is -1.85. The van der Waals surface area contributed by atoms with Crippen molar-refractivity contribution >= 4 is 15.9 Å². The lowest BCUT2D eigenvalue weighted by atomic mass is 9.82. The second-order valence-corrected chi connectivity index (χ2v) is 12.4. The second-order valence-electron chi connectivity index (χ2n) is 10.2. The number of halogens is 3. The van der Waals surface area contributed by atoms with Crippen molar-refractivity contribution in [1.82, 2.24) is 4.90 Å². The van der Waals surface area contributed by atoms with Crippen LogP contribution in [-0.4, -0.2) is 56.1 Å². The lowest BCUT2D eigenvalue weighted by Gasteiger charge is -2.44. The summed E-state index contributed by atoms with van der Waals surface area (Å²) in [6.45, 7) is 2.21. The summed E-state index contributed by atoms with van der Waals surface area (Å²) in [4.78, 5) is 13.6. The SMILES string of the molecule is CC(C)(OC(=O)N1CCC2(CCc3cc(-c4ccc(CS(C)(=O)=O)cc4)ccc3O2)CC1)C(F)(F)F. The maximum absolute atomic E-state index is 13.1. The minimum atomic E-state index is -4.65. The van der Waals surface area contributed by atoms with Crippen molar-refractivity contribution in [2.45, 2.75) is 62.7 Å². The first-order valence-corrected chi connectivity index (χ1v) is 13.9. The third-order valence-corrected chi connectivity index (χ3v) is 7.77. The zero-order chi connectivity index (χ0) is 26.4.